The van der Waals surface area contributed by atoms with Gasteiger partial charge in [-0.1, -0.05) is 18.2 Å². The predicted octanol–water partition coefficient (Wildman–Crippen LogP) is 3.56. The highest BCUT2D eigenvalue weighted by molar-refractivity contribution is 9.10. The Bertz CT molecular complexity index is 974. The molecule has 8 heteroatoms. The summed E-state index contributed by atoms with van der Waals surface area (Å²) in [4.78, 5) is 14.6. The number of carbonyl (C=O) groups excluding carboxylic acids is 1. The van der Waals surface area contributed by atoms with Gasteiger partial charge in [0.15, 0.2) is 0 Å². The summed E-state index contributed by atoms with van der Waals surface area (Å²) in [5.41, 5.74) is 1.19. The number of hydrogen-bond donors (Lipinski definition) is 1. The number of carbonyl (C=O) groups is 1. The molecule has 1 aliphatic rings. The fourth-order valence-corrected chi connectivity index (χ4v) is 4.53. The van der Waals surface area contributed by atoms with E-state index in [0.717, 1.165) is 24.2 Å². The third-order valence-electron chi connectivity index (χ3n) is 4.40. The summed E-state index contributed by atoms with van der Waals surface area (Å²) in [6.07, 6.45) is 1.70. The van der Waals surface area contributed by atoms with Gasteiger partial charge < -0.3 is 9.64 Å². The van der Waals surface area contributed by atoms with Crippen LogP contribution >= 0.6 is 15.9 Å². The molecule has 3 rings (SSSR count). The Morgan fingerprint density at radius 2 is 1.96 bits per heavy atom. The first-order valence-corrected chi connectivity index (χ1v) is 11.4. The second-order valence-electron chi connectivity index (χ2n) is 6.74. The highest BCUT2D eigenvalue weighted by atomic mass is 79.9. The van der Waals surface area contributed by atoms with E-state index in [2.05, 4.69) is 20.7 Å². The van der Waals surface area contributed by atoms with E-state index < -0.39 is 10.0 Å². The largest absolute Gasteiger partial charge is 0.494 e. The van der Waals surface area contributed by atoms with Crippen molar-refractivity contribution in [3.8, 4) is 5.75 Å². The third-order valence-corrected chi connectivity index (χ3v) is 6.61. The molecular formula is C20H23BrN2O4S. The highest BCUT2D eigenvalue weighted by Crippen LogP contribution is 2.26. The van der Waals surface area contributed by atoms with E-state index in [9.17, 15) is 13.2 Å². The van der Waals surface area contributed by atoms with Crippen molar-refractivity contribution in [2.45, 2.75) is 37.2 Å². The van der Waals surface area contributed by atoms with Gasteiger partial charge in [-0.15, -0.1) is 0 Å². The Labute approximate surface area is 174 Å². The second kappa shape index (κ2) is 8.63. The molecule has 150 valence electrons. The molecule has 0 spiro atoms. The van der Waals surface area contributed by atoms with E-state index in [-0.39, 0.29) is 16.8 Å². The molecule has 0 radical (unpaired) electrons. The number of rotatable bonds is 8. The lowest BCUT2D eigenvalue weighted by molar-refractivity contribution is 0.0783. The van der Waals surface area contributed by atoms with Crippen LogP contribution in [0.4, 0.5) is 0 Å². The fourth-order valence-electron chi connectivity index (χ4n) is 2.79. The van der Waals surface area contributed by atoms with Crippen LogP contribution in [0.2, 0.25) is 0 Å². The Morgan fingerprint density at radius 3 is 2.64 bits per heavy atom. The molecule has 28 heavy (non-hydrogen) atoms. The van der Waals surface area contributed by atoms with Crippen LogP contribution in [0.25, 0.3) is 0 Å². The van der Waals surface area contributed by atoms with E-state index in [1.807, 2.05) is 31.2 Å². The Kier molecular flexibility index (Phi) is 6.42. The maximum absolute atomic E-state index is 13.0. The van der Waals surface area contributed by atoms with Gasteiger partial charge in [0.05, 0.1) is 17.1 Å². The maximum atomic E-state index is 13.0. The lowest BCUT2D eigenvalue weighted by atomic mass is 10.1. The molecule has 1 amide bonds. The van der Waals surface area contributed by atoms with Crippen LogP contribution in [-0.2, 0) is 16.6 Å². The molecule has 2 aromatic rings. The van der Waals surface area contributed by atoms with Crippen LogP contribution in [-0.4, -0.2) is 38.9 Å². The van der Waals surface area contributed by atoms with Crippen LogP contribution in [0.5, 0.6) is 5.75 Å². The number of sulfonamides is 1. The van der Waals surface area contributed by atoms with Crippen LogP contribution in [0, 0.1) is 0 Å². The van der Waals surface area contributed by atoms with Gasteiger partial charge in [0.1, 0.15) is 5.75 Å². The summed E-state index contributed by atoms with van der Waals surface area (Å²) in [5, 5.41) is 0. The summed E-state index contributed by atoms with van der Waals surface area (Å²) in [7, 11) is -1.95. The van der Waals surface area contributed by atoms with Gasteiger partial charge in [-0.2, -0.15) is 0 Å². The summed E-state index contributed by atoms with van der Waals surface area (Å²) in [6, 6.07) is 12.1. The number of benzene rings is 2. The molecule has 0 aliphatic heterocycles. The second-order valence-corrected chi connectivity index (χ2v) is 9.31. The van der Waals surface area contributed by atoms with Crippen molar-refractivity contribution in [2.75, 3.05) is 13.7 Å². The van der Waals surface area contributed by atoms with Gasteiger partial charge >= 0.3 is 0 Å². The Morgan fingerprint density at radius 1 is 1.25 bits per heavy atom. The van der Waals surface area contributed by atoms with Gasteiger partial charge in [0.25, 0.3) is 5.91 Å². The third kappa shape index (κ3) is 4.92. The van der Waals surface area contributed by atoms with E-state index >= 15 is 0 Å². The van der Waals surface area contributed by atoms with Gasteiger partial charge in [-0.05, 0) is 60.0 Å². The molecule has 0 saturated heterocycles. The zero-order valence-corrected chi connectivity index (χ0v) is 18.2. The molecule has 0 unspecified atom stereocenters. The number of nitrogens with one attached hydrogen (secondary N) is 1. The Hall–Kier alpha value is -1.90. The molecule has 1 fully saturated rings. The van der Waals surface area contributed by atoms with Crippen molar-refractivity contribution in [3.05, 3.63) is 58.1 Å². The number of nitrogens with zero attached hydrogens (tertiary/aromatic N) is 1. The quantitative estimate of drug-likeness (QED) is 0.644. The summed E-state index contributed by atoms with van der Waals surface area (Å²) in [5.74, 6) is 0.454. The van der Waals surface area contributed by atoms with Crippen molar-refractivity contribution in [3.63, 3.8) is 0 Å². The molecule has 0 aromatic heterocycles. The molecule has 0 atom stereocenters. The molecule has 6 nitrogen and oxygen atoms in total. The van der Waals surface area contributed by atoms with Gasteiger partial charge in [0, 0.05) is 29.7 Å². The van der Waals surface area contributed by atoms with E-state index in [1.165, 1.54) is 12.1 Å². The lowest BCUT2D eigenvalue weighted by Crippen LogP contribution is -2.28. The number of hydrogen-bond acceptors (Lipinski definition) is 4. The number of para-hydroxylation sites is 1. The average molecular weight is 467 g/mol. The standard InChI is InChI=1S/C20H23BrN2O4S/c1-3-27-19-7-5-4-6-14(19)13-23(2)20(24)17-12-16(10-11-18(17)21)28(25,26)22-15-8-9-15/h4-7,10-12,15,22H,3,8-9,13H2,1-2H3. The number of ether oxygens (including phenoxy) is 1. The van der Waals surface area contributed by atoms with E-state index in [4.69, 9.17) is 4.74 Å². The fraction of sp³-hybridized carbons (Fsp3) is 0.350. The van der Waals surface area contributed by atoms with Crippen molar-refractivity contribution < 1.29 is 17.9 Å². The summed E-state index contributed by atoms with van der Waals surface area (Å²) < 4.78 is 33.8. The minimum Gasteiger partial charge on any atom is -0.494 e. The zero-order chi connectivity index (χ0) is 20.3. The molecule has 2 aromatic carbocycles. The minimum absolute atomic E-state index is 0.00513. The number of amides is 1. The normalized spacial score (nSPS) is 14.0. The molecule has 1 N–H and O–H groups in total. The minimum atomic E-state index is -3.63. The lowest BCUT2D eigenvalue weighted by Gasteiger charge is -2.20. The van der Waals surface area contributed by atoms with Crippen molar-refractivity contribution in [1.82, 2.24) is 9.62 Å². The average Bonchev–Trinajstić information content (AvgIpc) is 3.46. The van der Waals surface area contributed by atoms with Gasteiger partial charge in [-0.25, -0.2) is 13.1 Å². The predicted molar refractivity (Wildman–Crippen MR) is 111 cm³/mol. The first-order valence-electron chi connectivity index (χ1n) is 9.10. The van der Waals surface area contributed by atoms with E-state index in [1.54, 1.807) is 18.0 Å². The number of halogens is 1. The van der Waals surface area contributed by atoms with Crippen molar-refractivity contribution in [2.24, 2.45) is 0 Å². The molecule has 1 saturated carbocycles. The SMILES string of the molecule is CCOc1ccccc1CN(C)C(=O)c1cc(S(=O)(=O)NC2CC2)ccc1Br. The van der Waals surface area contributed by atoms with Gasteiger partial charge in [0.2, 0.25) is 10.0 Å². The van der Waals surface area contributed by atoms with Crippen LogP contribution in [0.3, 0.4) is 0 Å². The highest BCUT2D eigenvalue weighted by Gasteiger charge is 2.29. The zero-order valence-electron chi connectivity index (χ0n) is 15.8. The first kappa shape index (κ1) is 20.8. The van der Waals surface area contributed by atoms with Crippen LogP contribution in [0.15, 0.2) is 51.8 Å². The smallest absolute Gasteiger partial charge is 0.255 e. The molecular weight excluding hydrogens is 444 g/mol. The maximum Gasteiger partial charge on any atom is 0.255 e. The van der Waals surface area contributed by atoms with Crippen molar-refractivity contribution in [1.29, 1.82) is 0 Å². The first-order chi connectivity index (χ1) is 13.3. The molecule has 1 aliphatic carbocycles. The topological polar surface area (TPSA) is 75.7 Å². The summed E-state index contributed by atoms with van der Waals surface area (Å²) in [6.45, 7) is 2.79. The van der Waals surface area contributed by atoms with Crippen LogP contribution < -0.4 is 9.46 Å². The molecule has 0 heterocycles. The van der Waals surface area contributed by atoms with Gasteiger partial charge in [-0.3, -0.25) is 4.79 Å². The van der Waals surface area contributed by atoms with E-state index in [0.29, 0.717) is 23.2 Å². The van der Waals surface area contributed by atoms with Crippen LogP contribution in [0.1, 0.15) is 35.7 Å². The monoisotopic (exact) mass is 466 g/mol. The Balaban J connectivity index is 1.82. The van der Waals surface area contributed by atoms with Crippen molar-refractivity contribution >= 4 is 31.9 Å². The summed E-state index contributed by atoms with van der Waals surface area (Å²) >= 11 is 3.37. The molecule has 0 bridgehead atoms.